The van der Waals surface area contributed by atoms with Gasteiger partial charge in [-0.15, -0.1) is 0 Å². The van der Waals surface area contributed by atoms with Gasteiger partial charge in [0, 0.05) is 98.5 Å². The largest absolute Gasteiger partial charge is 0.494 e. The van der Waals surface area contributed by atoms with Crippen LogP contribution in [-0.2, 0) is 27.0 Å². The SMILES string of the molecule is CCc1cc(Nc2ncc(Br)c(Nc3cnc4ccccc4c3P(C)(C)=O)n2)c(OC)cc1N1CCC(N2CCN(CCc3cccc4nn(C5CCC(=O)NC5=O)cc34)CC2)CC1. The zero-order valence-electron chi connectivity index (χ0n) is 36.8. The Morgan fingerprint density at radius 3 is 2.41 bits per heavy atom. The molecule has 334 valence electrons. The van der Waals surface area contributed by atoms with E-state index >= 15 is 0 Å². The number of carbonyl (C=O) groups is 2. The van der Waals surface area contributed by atoms with Crippen LogP contribution in [0.3, 0.4) is 0 Å². The van der Waals surface area contributed by atoms with Crippen LogP contribution in [0, 0.1) is 0 Å². The summed E-state index contributed by atoms with van der Waals surface area (Å²) in [6, 6.07) is 18.3. The number of benzene rings is 3. The van der Waals surface area contributed by atoms with Gasteiger partial charge in [-0.25, -0.2) is 4.98 Å². The molecule has 0 saturated carbocycles. The average molecular weight is 949 g/mol. The number of rotatable bonds is 13. The van der Waals surface area contributed by atoms with Gasteiger partial charge in [0.2, 0.25) is 11.9 Å². The molecule has 17 heteroatoms. The normalized spacial score (nSPS) is 18.1. The number of piperidine rings is 2. The summed E-state index contributed by atoms with van der Waals surface area (Å²) in [5.74, 6) is 1.13. The van der Waals surface area contributed by atoms with E-state index in [4.69, 9.17) is 14.8 Å². The van der Waals surface area contributed by atoms with E-state index in [9.17, 15) is 14.2 Å². The van der Waals surface area contributed by atoms with E-state index in [-0.39, 0.29) is 11.8 Å². The summed E-state index contributed by atoms with van der Waals surface area (Å²) >= 11 is 3.61. The fraction of sp³-hybridized carbons (Fsp3) is 0.404. The van der Waals surface area contributed by atoms with Crippen molar-refractivity contribution in [1.29, 1.82) is 0 Å². The summed E-state index contributed by atoms with van der Waals surface area (Å²) in [6.45, 7) is 12.8. The number of nitrogens with one attached hydrogen (secondary N) is 3. The van der Waals surface area contributed by atoms with Crippen LogP contribution in [0.1, 0.15) is 49.8 Å². The first-order chi connectivity index (χ1) is 30.9. The Labute approximate surface area is 381 Å². The Balaban J connectivity index is 0.808. The van der Waals surface area contributed by atoms with E-state index in [1.165, 1.54) is 16.8 Å². The lowest BCUT2D eigenvalue weighted by atomic mass is 9.99. The lowest BCUT2D eigenvalue weighted by Gasteiger charge is -2.43. The number of ether oxygens (including phenoxy) is 1. The Morgan fingerprint density at radius 1 is 0.875 bits per heavy atom. The number of piperazine rings is 1. The molecule has 3 N–H and O–H groups in total. The molecule has 3 aliphatic rings. The fourth-order valence-electron chi connectivity index (χ4n) is 9.56. The number of carbonyl (C=O) groups excluding carboxylic acids is 2. The Bertz CT molecular complexity index is 2760. The molecule has 15 nitrogen and oxygen atoms in total. The highest BCUT2D eigenvalue weighted by molar-refractivity contribution is 9.10. The van der Waals surface area contributed by atoms with Gasteiger partial charge in [0.25, 0.3) is 5.91 Å². The minimum Gasteiger partial charge on any atom is -0.494 e. The van der Waals surface area contributed by atoms with Crippen molar-refractivity contribution in [3.8, 4) is 5.75 Å². The highest BCUT2D eigenvalue weighted by atomic mass is 79.9. The average Bonchev–Trinajstić information content (AvgIpc) is 3.74. The number of aryl methyl sites for hydroxylation is 1. The molecule has 3 fully saturated rings. The molecule has 0 spiro atoms. The number of hydrogen-bond acceptors (Lipinski definition) is 13. The maximum absolute atomic E-state index is 13.6. The number of imide groups is 1. The van der Waals surface area contributed by atoms with Crippen LogP contribution >= 0.6 is 23.1 Å². The van der Waals surface area contributed by atoms with Crippen LogP contribution in [0.2, 0.25) is 0 Å². The number of hydrogen-bond donors (Lipinski definition) is 3. The quantitative estimate of drug-likeness (QED) is 0.0785. The molecule has 3 aromatic heterocycles. The van der Waals surface area contributed by atoms with Gasteiger partial charge in [0.15, 0.2) is 0 Å². The molecule has 9 rings (SSSR count). The third-order valence-corrected chi connectivity index (χ3v) is 15.1. The van der Waals surface area contributed by atoms with E-state index in [0.29, 0.717) is 46.6 Å². The van der Waals surface area contributed by atoms with Crippen molar-refractivity contribution < 1.29 is 18.9 Å². The Morgan fingerprint density at radius 2 is 1.66 bits per heavy atom. The van der Waals surface area contributed by atoms with Crippen LogP contribution in [0.5, 0.6) is 5.75 Å². The predicted octanol–water partition coefficient (Wildman–Crippen LogP) is 7.25. The second-order valence-electron chi connectivity index (χ2n) is 17.3. The van der Waals surface area contributed by atoms with E-state index < -0.39 is 13.2 Å². The lowest BCUT2D eigenvalue weighted by Crippen LogP contribution is -2.53. The van der Waals surface area contributed by atoms with Crippen molar-refractivity contribution in [3.63, 3.8) is 0 Å². The van der Waals surface area contributed by atoms with Gasteiger partial charge >= 0.3 is 0 Å². The summed E-state index contributed by atoms with van der Waals surface area (Å²) < 4.78 is 21.9. The number of pyridine rings is 1. The number of nitrogens with zero attached hydrogens (tertiary/aromatic N) is 8. The lowest BCUT2D eigenvalue weighted by molar-refractivity contribution is -0.135. The number of para-hydroxylation sites is 1. The molecule has 6 aromatic rings. The molecule has 6 heterocycles. The van der Waals surface area contributed by atoms with Gasteiger partial charge in [-0.05, 0) is 90.7 Å². The first-order valence-corrected chi connectivity index (χ1v) is 25.6. The molecule has 64 heavy (non-hydrogen) atoms. The maximum atomic E-state index is 13.6. The third kappa shape index (κ3) is 9.24. The molecule has 1 atom stereocenters. The molecular weight excluding hydrogens is 893 g/mol. The summed E-state index contributed by atoms with van der Waals surface area (Å²) in [7, 11) is -1.02. The van der Waals surface area contributed by atoms with E-state index in [1.54, 1.807) is 37.5 Å². The van der Waals surface area contributed by atoms with E-state index in [1.807, 2.05) is 42.6 Å². The van der Waals surface area contributed by atoms with Gasteiger partial charge in [-0.3, -0.25) is 29.5 Å². The summed E-state index contributed by atoms with van der Waals surface area (Å²) in [5, 5.41) is 16.6. The van der Waals surface area contributed by atoms with Crippen LogP contribution in [0.25, 0.3) is 21.8 Å². The molecule has 0 aliphatic carbocycles. The standard InChI is InChI=1S/C47H55BrN11O4P/c1-5-30-25-38(52-47-50-27-35(48)45(54-47)51-39-28-49-36-11-7-6-10-33(36)44(39)64(3,4)62)42(63-2)26-41(30)58-19-16-32(17-20-58)57-23-21-56(22-24-57)18-15-31-9-8-12-37-34(31)29-59(55-37)40-13-14-43(60)53-46(40)61/h6-12,25-29,32,40H,5,13-24H2,1-4H3,(H,53,60,61)(H2,50,51,52,54). The maximum Gasteiger partial charge on any atom is 0.251 e. The number of anilines is 5. The number of aromatic nitrogens is 5. The third-order valence-electron chi connectivity index (χ3n) is 12.9. The summed E-state index contributed by atoms with van der Waals surface area (Å²) in [5.41, 5.74) is 6.74. The zero-order chi connectivity index (χ0) is 44.5. The first kappa shape index (κ1) is 43.8. The molecule has 1 unspecified atom stereocenters. The van der Waals surface area contributed by atoms with Gasteiger partial charge < -0.3 is 29.7 Å². The summed E-state index contributed by atoms with van der Waals surface area (Å²) in [6.07, 6.45) is 10.2. The molecular formula is C47H55BrN11O4P. The van der Waals surface area contributed by atoms with Crippen molar-refractivity contribution >= 4 is 90.8 Å². The zero-order valence-corrected chi connectivity index (χ0v) is 39.3. The van der Waals surface area contributed by atoms with Crippen LogP contribution in [-0.4, -0.2) is 119 Å². The topological polar surface area (TPSA) is 163 Å². The highest BCUT2D eigenvalue weighted by Crippen LogP contribution is 2.42. The van der Waals surface area contributed by atoms with Crippen molar-refractivity contribution in [1.82, 2.24) is 39.8 Å². The predicted molar refractivity (Wildman–Crippen MR) is 258 cm³/mol. The number of fused-ring (bicyclic) bond motifs is 2. The molecule has 3 aliphatic heterocycles. The second kappa shape index (κ2) is 18.6. The smallest absolute Gasteiger partial charge is 0.251 e. The number of amides is 2. The Hall–Kier alpha value is -5.41. The van der Waals surface area contributed by atoms with Crippen LogP contribution in [0.15, 0.2) is 77.7 Å². The van der Waals surface area contributed by atoms with Crippen molar-refractivity contribution in [3.05, 3.63) is 88.8 Å². The minimum atomic E-state index is -2.71. The molecule has 3 saturated heterocycles. The first-order valence-electron chi connectivity index (χ1n) is 22.2. The molecule has 0 radical (unpaired) electrons. The fourth-order valence-corrected chi connectivity index (χ4v) is 11.3. The van der Waals surface area contributed by atoms with Crippen molar-refractivity contribution in [2.45, 2.75) is 57.5 Å². The van der Waals surface area contributed by atoms with Crippen molar-refractivity contribution in [2.24, 2.45) is 0 Å². The van der Waals surface area contributed by atoms with Crippen LogP contribution in [0.4, 0.5) is 28.8 Å². The van der Waals surface area contributed by atoms with Gasteiger partial charge in [0.05, 0.1) is 40.2 Å². The second-order valence-corrected chi connectivity index (χ2v) is 21.3. The van der Waals surface area contributed by atoms with Gasteiger partial charge in [-0.2, -0.15) is 10.1 Å². The molecule has 2 amide bonds. The monoisotopic (exact) mass is 947 g/mol. The molecule has 0 bridgehead atoms. The van der Waals surface area contributed by atoms with Crippen molar-refractivity contribution in [2.75, 3.05) is 81.8 Å². The van der Waals surface area contributed by atoms with Gasteiger partial charge in [-0.1, -0.05) is 37.3 Å². The van der Waals surface area contributed by atoms with Crippen LogP contribution < -0.4 is 30.9 Å². The van der Waals surface area contributed by atoms with Gasteiger partial charge in [0.1, 0.15) is 24.8 Å². The summed E-state index contributed by atoms with van der Waals surface area (Å²) in [4.78, 5) is 46.0. The Kier molecular flexibility index (Phi) is 12.7. The molecule has 3 aromatic carbocycles. The minimum absolute atomic E-state index is 0.218. The van der Waals surface area contributed by atoms with E-state index in [0.717, 1.165) is 104 Å². The number of halogens is 1. The number of methoxy groups -OCH3 is 1. The highest BCUT2D eigenvalue weighted by Gasteiger charge is 2.31. The van der Waals surface area contributed by atoms with E-state index in [2.05, 4.69) is 81.7 Å².